The highest BCUT2D eigenvalue weighted by Gasteiger charge is 2.24. The highest BCUT2D eigenvalue weighted by molar-refractivity contribution is 6.05. The molecule has 7 nitrogen and oxygen atoms in total. The van der Waals surface area contributed by atoms with E-state index < -0.39 is 11.7 Å². The molecule has 0 saturated carbocycles. The molecule has 140 valence electrons. The summed E-state index contributed by atoms with van der Waals surface area (Å²) in [6, 6.07) is 8.45. The summed E-state index contributed by atoms with van der Waals surface area (Å²) < 4.78 is 13.2. The normalized spacial score (nSPS) is 14.0. The van der Waals surface area contributed by atoms with Crippen molar-refractivity contribution in [3.63, 3.8) is 0 Å². The molecule has 0 spiro atoms. The maximum atomic E-state index is 13.2. The van der Waals surface area contributed by atoms with Gasteiger partial charge in [0, 0.05) is 50.6 Å². The zero-order valence-corrected chi connectivity index (χ0v) is 14.8. The first kappa shape index (κ1) is 18.5. The Labute approximate surface area is 155 Å². The number of anilines is 1. The molecule has 1 aliphatic heterocycles. The van der Waals surface area contributed by atoms with Crippen LogP contribution < -0.4 is 5.32 Å². The number of nitrogens with zero attached hydrogens (tertiary/aromatic N) is 3. The van der Waals surface area contributed by atoms with E-state index in [2.05, 4.69) is 10.3 Å². The van der Waals surface area contributed by atoms with Crippen molar-refractivity contribution < 1.29 is 18.8 Å². The highest BCUT2D eigenvalue weighted by atomic mass is 19.1. The maximum Gasteiger partial charge on any atom is 0.272 e. The number of carbonyl (C=O) groups excluding carboxylic acids is 3. The van der Waals surface area contributed by atoms with Crippen molar-refractivity contribution in [1.29, 1.82) is 0 Å². The SMILES string of the molecule is CC(=O)N1CCN(C(=O)c2cc(C(=O)Nc3cccc(F)c3)ccn2)CC1. The topological polar surface area (TPSA) is 82.6 Å². The Morgan fingerprint density at radius 2 is 1.74 bits per heavy atom. The van der Waals surface area contributed by atoms with Gasteiger partial charge in [0.1, 0.15) is 11.5 Å². The molecule has 1 fully saturated rings. The van der Waals surface area contributed by atoms with E-state index in [-0.39, 0.29) is 23.1 Å². The van der Waals surface area contributed by atoms with E-state index >= 15 is 0 Å². The number of pyridine rings is 1. The molecule has 27 heavy (non-hydrogen) atoms. The summed E-state index contributed by atoms with van der Waals surface area (Å²) in [4.78, 5) is 43.7. The van der Waals surface area contributed by atoms with Crippen LogP contribution in [0.4, 0.5) is 10.1 Å². The average molecular weight is 370 g/mol. The minimum atomic E-state index is -0.460. The fourth-order valence-electron chi connectivity index (χ4n) is 2.84. The lowest BCUT2D eigenvalue weighted by molar-refractivity contribution is -0.130. The van der Waals surface area contributed by atoms with Gasteiger partial charge in [-0.2, -0.15) is 0 Å². The second-order valence-corrected chi connectivity index (χ2v) is 6.19. The zero-order chi connectivity index (χ0) is 19.4. The van der Waals surface area contributed by atoms with Crippen LogP contribution in [0.2, 0.25) is 0 Å². The van der Waals surface area contributed by atoms with Gasteiger partial charge in [0.25, 0.3) is 11.8 Å². The van der Waals surface area contributed by atoms with Gasteiger partial charge in [-0.3, -0.25) is 19.4 Å². The Bertz CT molecular complexity index is 879. The monoisotopic (exact) mass is 370 g/mol. The van der Waals surface area contributed by atoms with Gasteiger partial charge in [0.05, 0.1) is 0 Å². The molecule has 1 aromatic heterocycles. The molecule has 0 atom stereocenters. The molecule has 8 heteroatoms. The molecule has 0 radical (unpaired) electrons. The smallest absolute Gasteiger partial charge is 0.272 e. The van der Waals surface area contributed by atoms with E-state index in [4.69, 9.17) is 0 Å². The quantitative estimate of drug-likeness (QED) is 0.893. The third kappa shape index (κ3) is 4.46. The molecule has 2 aromatic rings. The van der Waals surface area contributed by atoms with Crippen molar-refractivity contribution in [3.8, 4) is 0 Å². The first-order valence-electron chi connectivity index (χ1n) is 8.52. The third-order valence-electron chi connectivity index (χ3n) is 4.34. The fraction of sp³-hybridized carbons (Fsp3) is 0.263. The molecule has 2 heterocycles. The highest BCUT2D eigenvalue weighted by Crippen LogP contribution is 2.13. The number of hydrogen-bond acceptors (Lipinski definition) is 4. The Hall–Kier alpha value is -3.29. The molecule has 1 aromatic carbocycles. The van der Waals surface area contributed by atoms with Gasteiger partial charge < -0.3 is 15.1 Å². The van der Waals surface area contributed by atoms with E-state index in [9.17, 15) is 18.8 Å². The van der Waals surface area contributed by atoms with E-state index in [0.717, 1.165) is 0 Å². The fourth-order valence-corrected chi connectivity index (χ4v) is 2.84. The van der Waals surface area contributed by atoms with Crippen molar-refractivity contribution >= 4 is 23.4 Å². The van der Waals surface area contributed by atoms with Crippen LogP contribution in [0.1, 0.15) is 27.8 Å². The summed E-state index contributed by atoms with van der Waals surface area (Å²) >= 11 is 0. The number of piperazine rings is 1. The van der Waals surface area contributed by atoms with Gasteiger partial charge >= 0.3 is 0 Å². The standard InChI is InChI=1S/C19H19FN4O3/c1-13(25)23-7-9-24(10-8-23)19(27)17-11-14(5-6-21-17)18(26)22-16-4-2-3-15(20)12-16/h2-6,11-12H,7-10H2,1H3,(H,22,26). The largest absolute Gasteiger partial charge is 0.339 e. The minimum Gasteiger partial charge on any atom is -0.339 e. The first-order chi connectivity index (χ1) is 12.9. The van der Waals surface area contributed by atoms with Crippen LogP contribution >= 0.6 is 0 Å². The van der Waals surface area contributed by atoms with E-state index in [1.165, 1.54) is 43.5 Å². The Kier molecular flexibility index (Phi) is 5.44. The summed E-state index contributed by atoms with van der Waals surface area (Å²) in [6.07, 6.45) is 1.39. The second kappa shape index (κ2) is 7.94. The Morgan fingerprint density at radius 1 is 1.04 bits per heavy atom. The number of halogens is 1. The molecule has 3 amide bonds. The summed E-state index contributed by atoms with van der Waals surface area (Å²) in [7, 11) is 0. The van der Waals surface area contributed by atoms with E-state index in [1.54, 1.807) is 15.9 Å². The van der Waals surface area contributed by atoms with E-state index in [1.807, 2.05) is 0 Å². The van der Waals surface area contributed by atoms with Gasteiger partial charge in [-0.25, -0.2) is 4.39 Å². The average Bonchev–Trinajstić information content (AvgIpc) is 2.67. The van der Waals surface area contributed by atoms with Crippen molar-refractivity contribution in [1.82, 2.24) is 14.8 Å². The van der Waals surface area contributed by atoms with Crippen molar-refractivity contribution in [2.45, 2.75) is 6.92 Å². The van der Waals surface area contributed by atoms with Crippen molar-refractivity contribution in [2.75, 3.05) is 31.5 Å². The molecule has 1 N–H and O–H groups in total. The second-order valence-electron chi connectivity index (χ2n) is 6.19. The third-order valence-corrected chi connectivity index (χ3v) is 4.34. The van der Waals surface area contributed by atoms with Crippen molar-refractivity contribution in [3.05, 3.63) is 59.7 Å². The van der Waals surface area contributed by atoms with Crippen LogP contribution in [0.3, 0.4) is 0 Å². The van der Waals surface area contributed by atoms with Crippen molar-refractivity contribution in [2.24, 2.45) is 0 Å². The number of hydrogen-bond donors (Lipinski definition) is 1. The predicted molar refractivity (Wildman–Crippen MR) is 96.7 cm³/mol. The summed E-state index contributed by atoms with van der Waals surface area (Å²) in [5, 5.41) is 2.59. The van der Waals surface area contributed by atoms with Gasteiger partial charge in [0.15, 0.2) is 0 Å². The number of aromatic nitrogens is 1. The van der Waals surface area contributed by atoms with Crippen LogP contribution in [0.5, 0.6) is 0 Å². The molecule has 1 saturated heterocycles. The Balaban J connectivity index is 1.69. The summed E-state index contributed by atoms with van der Waals surface area (Å²) in [5.41, 5.74) is 0.725. The number of benzene rings is 1. The van der Waals surface area contributed by atoms with Gasteiger partial charge in [-0.05, 0) is 30.3 Å². The molecule has 0 bridgehead atoms. The van der Waals surface area contributed by atoms with Crippen LogP contribution in [0.15, 0.2) is 42.6 Å². The molecule has 0 unspecified atom stereocenters. The van der Waals surface area contributed by atoms with Crippen LogP contribution in [0, 0.1) is 5.82 Å². The minimum absolute atomic E-state index is 0.0174. The Morgan fingerprint density at radius 3 is 2.41 bits per heavy atom. The van der Waals surface area contributed by atoms with E-state index in [0.29, 0.717) is 31.9 Å². The number of carbonyl (C=O) groups is 3. The number of amides is 3. The number of rotatable bonds is 3. The molecular formula is C19H19FN4O3. The lowest BCUT2D eigenvalue weighted by Crippen LogP contribution is -2.50. The van der Waals surface area contributed by atoms with Gasteiger partial charge in [-0.1, -0.05) is 6.07 Å². The van der Waals surface area contributed by atoms with Crippen LogP contribution in [-0.2, 0) is 4.79 Å². The van der Waals surface area contributed by atoms with Crippen LogP contribution in [0.25, 0.3) is 0 Å². The van der Waals surface area contributed by atoms with Crippen LogP contribution in [-0.4, -0.2) is 58.7 Å². The predicted octanol–water partition coefficient (Wildman–Crippen LogP) is 1.78. The molecule has 0 aliphatic carbocycles. The van der Waals surface area contributed by atoms with Gasteiger partial charge in [0.2, 0.25) is 5.91 Å². The zero-order valence-electron chi connectivity index (χ0n) is 14.8. The molecular weight excluding hydrogens is 351 g/mol. The lowest BCUT2D eigenvalue weighted by atomic mass is 10.2. The number of nitrogens with one attached hydrogen (secondary N) is 1. The summed E-state index contributed by atoms with van der Waals surface area (Å²) in [5.74, 6) is -1.23. The molecule has 1 aliphatic rings. The van der Waals surface area contributed by atoms with Gasteiger partial charge in [-0.15, -0.1) is 0 Å². The maximum absolute atomic E-state index is 13.2. The summed E-state index contributed by atoms with van der Waals surface area (Å²) in [6.45, 7) is 3.28. The lowest BCUT2D eigenvalue weighted by Gasteiger charge is -2.34. The first-order valence-corrected chi connectivity index (χ1v) is 8.52. The molecule has 3 rings (SSSR count).